The number of urea groups is 1. The Morgan fingerprint density at radius 3 is 3.17 bits per heavy atom. The number of carbonyl (C=O) groups excluding carboxylic acids is 1. The van der Waals surface area contributed by atoms with Gasteiger partial charge in [-0.15, -0.1) is 0 Å². The second-order valence-corrected chi connectivity index (χ2v) is 4.37. The van der Waals surface area contributed by atoms with E-state index in [2.05, 4.69) is 16.0 Å². The van der Waals surface area contributed by atoms with E-state index >= 15 is 0 Å². The SMILES string of the molecule is COc1cccc(CNC(=O)NC2CCNC2)c1. The number of rotatable bonds is 4. The number of ether oxygens (including phenoxy) is 1. The molecule has 0 spiro atoms. The molecule has 1 aromatic carbocycles. The van der Waals surface area contributed by atoms with Gasteiger partial charge in [-0.05, 0) is 30.7 Å². The van der Waals surface area contributed by atoms with Crippen molar-refractivity contribution < 1.29 is 9.53 Å². The summed E-state index contributed by atoms with van der Waals surface area (Å²) in [6.45, 7) is 2.33. The second-order valence-electron chi connectivity index (χ2n) is 4.37. The summed E-state index contributed by atoms with van der Waals surface area (Å²) >= 11 is 0. The van der Waals surface area contributed by atoms with Gasteiger partial charge >= 0.3 is 6.03 Å². The molecule has 3 N–H and O–H groups in total. The van der Waals surface area contributed by atoms with Crippen molar-refractivity contribution in [3.8, 4) is 5.75 Å². The summed E-state index contributed by atoms with van der Waals surface area (Å²) in [7, 11) is 1.63. The lowest BCUT2D eigenvalue weighted by Crippen LogP contribution is -2.42. The van der Waals surface area contributed by atoms with Gasteiger partial charge in [0.1, 0.15) is 5.75 Å². The summed E-state index contributed by atoms with van der Waals surface area (Å²) in [5, 5.41) is 8.99. The normalized spacial score (nSPS) is 18.4. The van der Waals surface area contributed by atoms with E-state index in [9.17, 15) is 4.79 Å². The Morgan fingerprint density at radius 1 is 1.56 bits per heavy atom. The molecule has 5 nitrogen and oxygen atoms in total. The number of hydrogen-bond donors (Lipinski definition) is 3. The Labute approximate surface area is 107 Å². The van der Waals surface area contributed by atoms with Crippen LogP contribution in [-0.4, -0.2) is 32.3 Å². The third-order valence-corrected chi connectivity index (χ3v) is 2.98. The number of carbonyl (C=O) groups is 1. The van der Waals surface area contributed by atoms with E-state index in [-0.39, 0.29) is 12.1 Å². The quantitative estimate of drug-likeness (QED) is 0.741. The maximum absolute atomic E-state index is 11.6. The zero-order chi connectivity index (χ0) is 12.8. The molecule has 0 bridgehead atoms. The van der Waals surface area contributed by atoms with Crippen LogP contribution >= 0.6 is 0 Å². The van der Waals surface area contributed by atoms with Gasteiger partial charge in [-0.25, -0.2) is 4.79 Å². The minimum atomic E-state index is -0.119. The van der Waals surface area contributed by atoms with Crippen molar-refractivity contribution in [2.75, 3.05) is 20.2 Å². The Morgan fingerprint density at radius 2 is 2.44 bits per heavy atom. The van der Waals surface area contributed by atoms with E-state index in [4.69, 9.17) is 4.74 Å². The highest BCUT2D eigenvalue weighted by Gasteiger charge is 2.15. The average molecular weight is 249 g/mol. The Bertz CT molecular complexity index is 403. The van der Waals surface area contributed by atoms with Gasteiger partial charge in [0.25, 0.3) is 0 Å². The van der Waals surface area contributed by atoms with Crippen LogP contribution in [-0.2, 0) is 6.54 Å². The molecule has 0 radical (unpaired) electrons. The van der Waals surface area contributed by atoms with Crippen LogP contribution in [0.1, 0.15) is 12.0 Å². The van der Waals surface area contributed by atoms with Gasteiger partial charge in [0.05, 0.1) is 7.11 Å². The summed E-state index contributed by atoms with van der Waals surface area (Å²) in [4.78, 5) is 11.6. The first kappa shape index (κ1) is 12.7. The van der Waals surface area contributed by atoms with Crippen molar-refractivity contribution in [3.05, 3.63) is 29.8 Å². The fourth-order valence-corrected chi connectivity index (χ4v) is 1.98. The standard InChI is InChI=1S/C13H19N3O2/c1-18-12-4-2-3-10(7-12)8-15-13(17)16-11-5-6-14-9-11/h2-4,7,11,14H,5-6,8-9H2,1H3,(H2,15,16,17). The minimum Gasteiger partial charge on any atom is -0.497 e. The van der Waals surface area contributed by atoms with Crippen molar-refractivity contribution in [1.29, 1.82) is 0 Å². The molecule has 1 aromatic rings. The number of nitrogens with one attached hydrogen (secondary N) is 3. The topological polar surface area (TPSA) is 62.4 Å². The molecule has 1 heterocycles. The van der Waals surface area contributed by atoms with E-state index < -0.39 is 0 Å². The van der Waals surface area contributed by atoms with Crippen molar-refractivity contribution in [1.82, 2.24) is 16.0 Å². The van der Waals surface area contributed by atoms with Crippen molar-refractivity contribution in [3.63, 3.8) is 0 Å². The Balaban J connectivity index is 1.77. The molecule has 2 rings (SSSR count). The summed E-state index contributed by atoms with van der Waals surface area (Å²) in [6.07, 6.45) is 0.993. The van der Waals surface area contributed by atoms with Crippen molar-refractivity contribution in [2.45, 2.75) is 19.0 Å². The van der Waals surface area contributed by atoms with Gasteiger partial charge < -0.3 is 20.7 Å². The van der Waals surface area contributed by atoms with Gasteiger partial charge in [-0.1, -0.05) is 12.1 Å². The molecule has 0 aliphatic carbocycles. The number of amides is 2. The van der Waals surface area contributed by atoms with Crippen LogP contribution in [0.4, 0.5) is 4.79 Å². The molecule has 1 atom stereocenters. The highest BCUT2D eigenvalue weighted by atomic mass is 16.5. The minimum absolute atomic E-state index is 0.119. The molecular formula is C13H19N3O2. The van der Waals surface area contributed by atoms with E-state index in [0.717, 1.165) is 30.8 Å². The number of benzene rings is 1. The third-order valence-electron chi connectivity index (χ3n) is 2.98. The third kappa shape index (κ3) is 3.63. The maximum atomic E-state index is 11.6. The highest BCUT2D eigenvalue weighted by Crippen LogP contribution is 2.12. The molecular weight excluding hydrogens is 230 g/mol. The maximum Gasteiger partial charge on any atom is 0.315 e. The first-order valence-electron chi connectivity index (χ1n) is 6.16. The molecule has 1 aliphatic heterocycles. The summed E-state index contributed by atoms with van der Waals surface area (Å²) in [5.74, 6) is 0.801. The average Bonchev–Trinajstić information content (AvgIpc) is 2.89. The first-order valence-corrected chi connectivity index (χ1v) is 6.16. The summed E-state index contributed by atoms with van der Waals surface area (Å²) in [5.41, 5.74) is 1.02. The zero-order valence-corrected chi connectivity index (χ0v) is 10.5. The molecule has 98 valence electrons. The fraction of sp³-hybridized carbons (Fsp3) is 0.462. The van der Waals surface area contributed by atoms with E-state index in [0.29, 0.717) is 6.54 Å². The second kappa shape index (κ2) is 6.26. The Hall–Kier alpha value is -1.75. The van der Waals surface area contributed by atoms with Gasteiger partial charge in [0, 0.05) is 19.1 Å². The predicted octanol–water partition coefficient (Wildman–Crippen LogP) is 0.856. The van der Waals surface area contributed by atoms with Crippen LogP contribution < -0.4 is 20.7 Å². The molecule has 0 aromatic heterocycles. The van der Waals surface area contributed by atoms with Gasteiger partial charge in [0.2, 0.25) is 0 Å². The van der Waals surface area contributed by atoms with Gasteiger partial charge in [0.15, 0.2) is 0 Å². The molecule has 5 heteroatoms. The van der Waals surface area contributed by atoms with E-state index in [1.807, 2.05) is 24.3 Å². The lowest BCUT2D eigenvalue weighted by atomic mass is 10.2. The lowest BCUT2D eigenvalue weighted by molar-refractivity contribution is 0.237. The highest BCUT2D eigenvalue weighted by molar-refractivity contribution is 5.74. The van der Waals surface area contributed by atoms with Crippen LogP contribution in [0, 0.1) is 0 Å². The molecule has 2 amide bonds. The largest absolute Gasteiger partial charge is 0.497 e. The van der Waals surface area contributed by atoms with Gasteiger partial charge in [-0.2, -0.15) is 0 Å². The van der Waals surface area contributed by atoms with Crippen molar-refractivity contribution >= 4 is 6.03 Å². The molecule has 1 aliphatic rings. The predicted molar refractivity (Wildman–Crippen MR) is 69.6 cm³/mol. The molecule has 1 unspecified atom stereocenters. The Kier molecular flexibility index (Phi) is 4.41. The fourth-order valence-electron chi connectivity index (χ4n) is 1.98. The molecule has 18 heavy (non-hydrogen) atoms. The first-order chi connectivity index (χ1) is 8.78. The summed E-state index contributed by atoms with van der Waals surface area (Å²) < 4.78 is 5.13. The molecule has 1 fully saturated rings. The molecule has 0 saturated carbocycles. The zero-order valence-electron chi connectivity index (χ0n) is 10.5. The number of methoxy groups -OCH3 is 1. The van der Waals surface area contributed by atoms with Gasteiger partial charge in [-0.3, -0.25) is 0 Å². The van der Waals surface area contributed by atoms with Crippen LogP contribution in [0.2, 0.25) is 0 Å². The van der Waals surface area contributed by atoms with E-state index in [1.54, 1.807) is 7.11 Å². The number of hydrogen-bond acceptors (Lipinski definition) is 3. The van der Waals surface area contributed by atoms with Crippen LogP contribution in [0.3, 0.4) is 0 Å². The van der Waals surface area contributed by atoms with E-state index in [1.165, 1.54) is 0 Å². The summed E-state index contributed by atoms with van der Waals surface area (Å²) in [6, 6.07) is 7.79. The monoisotopic (exact) mass is 249 g/mol. The smallest absolute Gasteiger partial charge is 0.315 e. The van der Waals surface area contributed by atoms with Crippen LogP contribution in [0.15, 0.2) is 24.3 Å². The lowest BCUT2D eigenvalue weighted by Gasteiger charge is -2.12. The van der Waals surface area contributed by atoms with Crippen LogP contribution in [0.25, 0.3) is 0 Å². The van der Waals surface area contributed by atoms with Crippen molar-refractivity contribution in [2.24, 2.45) is 0 Å². The van der Waals surface area contributed by atoms with Crippen LogP contribution in [0.5, 0.6) is 5.75 Å². The molecule has 1 saturated heterocycles.